The number of nitrogens with one attached hydrogen (secondary N) is 1. The van der Waals surface area contributed by atoms with Crippen molar-refractivity contribution in [3.63, 3.8) is 0 Å². The van der Waals surface area contributed by atoms with Crippen molar-refractivity contribution in [2.24, 2.45) is 0 Å². The SMILES string of the molecule is COc1ccc(OC)c(NCC(O)c2ccc(F)cc2)c1. The molecule has 0 saturated heterocycles. The Morgan fingerprint density at radius 1 is 1.10 bits per heavy atom. The summed E-state index contributed by atoms with van der Waals surface area (Å²) in [4.78, 5) is 0. The predicted molar refractivity (Wildman–Crippen MR) is 79.4 cm³/mol. The molecule has 0 aliphatic carbocycles. The molecule has 0 amide bonds. The third kappa shape index (κ3) is 3.86. The summed E-state index contributed by atoms with van der Waals surface area (Å²) < 4.78 is 23.3. The Hall–Kier alpha value is -2.27. The Labute approximate surface area is 123 Å². The molecule has 2 rings (SSSR count). The number of aliphatic hydroxyl groups excluding tert-OH is 1. The minimum atomic E-state index is -0.749. The zero-order valence-electron chi connectivity index (χ0n) is 12.0. The van der Waals surface area contributed by atoms with E-state index in [0.717, 1.165) is 5.69 Å². The van der Waals surface area contributed by atoms with Gasteiger partial charge in [0.2, 0.25) is 0 Å². The van der Waals surface area contributed by atoms with Gasteiger partial charge in [-0.05, 0) is 29.8 Å². The number of methoxy groups -OCH3 is 2. The molecular formula is C16H18FNO3. The minimum Gasteiger partial charge on any atom is -0.497 e. The highest BCUT2D eigenvalue weighted by Crippen LogP contribution is 2.29. The van der Waals surface area contributed by atoms with Crippen molar-refractivity contribution in [3.05, 3.63) is 53.8 Å². The van der Waals surface area contributed by atoms with Crippen LogP contribution in [0.2, 0.25) is 0 Å². The van der Waals surface area contributed by atoms with Crippen LogP contribution in [0.25, 0.3) is 0 Å². The number of benzene rings is 2. The summed E-state index contributed by atoms with van der Waals surface area (Å²) in [6, 6.07) is 11.1. The van der Waals surface area contributed by atoms with Crippen LogP contribution in [0.1, 0.15) is 11.7 Å². The molecule has 2 aromatic carbocycles. The highest BCUT2D eigenvalue weighted by Gasteiger charge is 2.10. The molecule has 0 bridgehead atoms. The number of hydrogen-bond acceptors (Lipinski definition) is 4. The van der Waals surface area contributed by atoms with Crippen LogP contribution in [0.3, 0.4) is 0 Å². The van der Waals surface area contributed by atoms with Crippen LogP contribution in [0, 0.1) is 5.82 Å². The summed E-state index contributed by atoms with van der Waals surface area (Å²) in [7, 11) is 3.16. The van der Waals surface area contributed by atoms with Gasteiger partial charge in [-0.15, -0.1) is 0 Å². The van der Waals surface area contributed by atoms with Gasteiger partial charge >= 0.3 is 0 Å². The second-order valence-corrected chi connectivity index (χ2v) is 4.51. The van der Waals surface area contributed by atoms with Crippen LogP contribution < -0.4 is 14.8 Å². The molecule has 0 fully saturated rings. The van der Waals surface area contributed by atoms with Gasteiger partial charge in [0, 0.05) is 12.6 Å². The Morgan fingerprint density at radius 3 is 2.43 bits per heavy atom. The van der Waals surface area contributed by atoms with E-state index < -0.39 is 6.10 Å². The normalized spacial score (nSPS) is 11.8. The predicted octanol–water partition coefficient (Wildman–Crippen LogP) is 2.99. The Kier molecular flexibility index (Phi) is 5.00. The van der Waals surface area contributed by atoms with Crippen LogP contribution >= 0.6 is 0 Å². The van der Waals surface area contributed by atoms with E-state index >= 15 is 0 Å². The van der Waals surface area contributed by atoms with Gasteiger partial charge in [0.15, 0.2) is 0 Å². The van der Waals surface area contributed by atoms with Crippen molar-refractivity contribution in [3.8, 4) is 11.5 Å². The third-order valence-corrected chi connectivity index (χ3v) is 3.15. The van der Waals surface area contributed by atoms with Gasteiger partial charge in [-0.3, -0.25) is 0 Å². The van der Waals surface area contributed by atoms with E-state index in [4.69, 9.17) is 9.47 Å². The number of rotatable bonds is 6. The van der Waals surface area contributed by atoms with Crippen LogP contribution in [0.15, 0.2) is 42.5 Å². The summed E-state index contributed by atoms with van der Waals surface area (Å²) in [5.41, 5.74) is 1.36. The van der Waals surface area contributed by atoms with E-state index in [1.807, 2.05) is 0 Å². The van der Waals surface area contributed by atoms with Gasteiger partial charge in [0.25, 0.3) is 0 Å². The van der Waals surface area contributed by atoms with Gasteiger partial charge in [0.1, 0.15) is 17.3 Å². The number of ether oxygens (including phenoxy) is 2. The Morgan fingerprint density at radius 2 is 1.81 bits per heavy atom. The van der Waals surface area contributed by atoms with Gasteiger partial charge in [-0.1, -0.05) is 12.1 Å². The zero-order chi connectivity index (χ0) is 15.2. The Balaban J connectivity index is 2.06. The second kappa shape index (κ2) is 6.95. The lowest BCUT2D eigenvalue weighted by atomic mass is 10.1. The van der Waals surface area contributed by atoms with Gasteiger partial charge in [-0.25, -0.2) is 4.39 Å². The fourth-order valence-electron chi connectivity index (χ4n) is 1.96. The molecule has 2 N–H and O–H groups in total. The van der Waals surface area contributed by atoms with Crippen molar-refractivity contribution < 1.29 is 19.0 Å². The standard InChI is InChI=1S/C16H18FNO3/c1-20-13-7-8-16(21-2)14(9-13)18-10-15(19)11-3-5-12(17)6-4-11/h3-9,15,18-19H,10H2,1-2H3. The van der Waals surface area contributed by atoms with Crippen molar-refractivity contribution >= 4 is 5.69 Å². The molecule has 112 valence electrons. The summed E-state index contributed by atoms with van der Waals surface area (Å²) in [5.74, 6) is 1.02. The first-order chi connectivity index (χ1) is 10.1. The molecule has 5 heteroatoms. The maximum atomic E-state index is 12.9. The summed E-state index contributed by atoms with van der Waals surface area (Å²) in [5, 5.41) is 13.2. The lowest BCUT2D eigenvalue weighted by Crippen LogP contribution is -2.12. The van der Waals surface area contributed by atoms with Crippen LogP contribution in [0.5, 0.6) is 11.5 Å². The van der Waals surface area contributed by atoms with E-state index in [9.17, 15) is 9.50 Å². The first-order valence-electron chi connectivity index (χ1n) is 6.53. The molecule has 0 aliphatic rings. The molecule has 2 aromatic rings. The molecule has 0 radical (unpaired) electrons. The van der Waals surface area contributed by atoms with E-state index in [-0.39, 0.29) is 12.4 Å². The third-order valence-electron chi connectivity index (χ3n) is 3.15. The molecule has 1 atom stereocenters. The van der Waals surface area contributed by atoms with Crippen LogP contribution in [-0.2, 0) is 0 Å². The fourth-order valence-corrected chi connectivity index (χ4v) is 1.96. The van der Waals surface area contributed by atoms with Gasteiger partial charge in [0.05, 0.1) is 26.0 Å². The maximum Gasteiger partial charge on any atom is 0.142 e. The molecule has 0 spiro atoms. The molecule has 21 heavy (non-hydrogen) atoms. The molecule has 4 nitrogen and oxygen atoms in total. The minimum absolute atomic E-state index is 0.273. The highest BCUT2D eigenvalue weighted by molar-refractivity contribution is 5.59. The Bertz CT molecular complexity index is 587. The van der Waals surface area contributed by atoms with Crippen molar-refractivity contribution in [2.75, 3.05) is 26.1 Å². The molecular weight excluding hydrogens is 273 g/mol. The smallest absolute Gasteiger partial charge is 0.142 e. The average molecular weight is 291 g/mol. The molecule has 0 aromatic heterocycles. The number of aliphatic hydroxyl groups is 1. The van der Waals surface area contributed by atoms with Crippen LogP contribution in [-0.4, -0.2) is 25.9 Å². The molecule has 0 saturated carbocycles. The lowest BCUT2D eigenvalue weighted by Gasteiger charge is -2.16. The number of anilines is 1. The van der Waals surface area contributed by atoms with E-state index in [1.54, 1.807) is 44.6 Å². The van der Waals surface area contributed by atoms with Crippen molar-refractivity contribution in [1.29, 1.82) is 0 Å². The van der Waals surface area contributed by atoms with Gasteiger partial charge < -0.3 is 19.9 Å². The maximum absolute atomic E-state index is 12.9. The van der Waals surface area contributed by atoms with E-state index in [0.29, 0.717) is 17.1 Å². The molecule has 0 heterocycles. The monoisotopic (exact) mass is 291 g/mol. The largest absolute Gasteiger partial charge is 0.497 e. The zero-order valence-corrected chi connectivity index (χ0v) is 12.0. The second-order valence-electron chi connectivity index (χ2n) is 4.51. The average Bonchev–Trinajstić information content (AvgIpc) is 2.52. The first kappa shape index (κ1) is 15.1. The van der Waals surface area contributed by atoms with Crippen LogP contribution in [0.4, 0.5) is 10.1 Å². The fraction of sp³-hybridized carbons (Fsp3) is 0.250. The summed E-state index contributed by atoms with van der Waals surface area (Å²) in [6.07, 6.45) is -0.749. The quantitative estimate of drug-likeness (QED) is 0.859. The van der Waals surface area contributed by atoms with E-state index in [2.05, 4.69) is 5.32 Å². The van der Waals surface area contributed by atoms with Crippen molar-refractivity contribution in [1.82, 2.24) is 0 Å². The molecule has 0 aliphatic heterocycles. The van der Waals surface area contributed by atoms with E-state index in [1.165, 1.54) is 12.1 Å². The van der Waals surface area contributed by atoms with Gasteiger partial charge in [-0.2, -0.15) is 0 Å². The summed E-state index contributed by atoms with van der Waals surface area (Å²) in [6.45, 7) is 0.273. The first-order valence-corrected chi connectivity index (χ1v) is 6.53. The topological polar surface area (TPSA) is 50.7 Å². The number of hydrogen-bond donors (Lipinski definition) is 2. The summed E-state index contributed by atoms with van der Waals surface area (Å²) >= 11 is 0. The number of halogens is 1. The highest BCUT2D eigenvalue weighted by atomic mass is 19.1. The van der Waals surface area contributed by atoms with Crippen molar-refractivity contribution in [2.45, 2.75) is 6.10 Å². The lowest BCUT2D eigenvalue weighted by molar-refractivity contribution is 0.191. The molecule has 1 unspecified atom stereocenters.